The lowest BCUT2D eigenvalue weighted by atomic mass is 10.1. The van der Waals surface area contributed by atoms with Gasteiger partial charge in [0.2, 0.25) is 0 Å². The summed E-state index contributed by atoms with van der Waals surface area (Å²) in [5.41, 5.74) is 2.57. The first-order chi connectivity index (χ1) is 13.7. The van der Waals surface area contributed by atoms with Crippen LogP contribution in [0.2, 0.25) is 0 Å². The summed E-state index contributed by atoms with van der Waals surface area (Å²) < 4.78 is 0. The maximum absolute atomic E-state index is 11.8. The summed E-state index contributed by atoms with van der Waals surface area (Å²) in [4.78, 5) is 27.1. The number of carbonyl (C=O) groups excluding carboxylic acids is 2. The summed E-state index contributed by atoms with van der Waals surface area (Å²) in [6.07, 6.45) is 6.94. The van der Waals surface area contributed by atoms with Crippen molar-refractivity contribution in [2.45, 2.75) is 45.1 Å². The number of hydrogen-bond donors (Lipinski definition) is 2. The predicted octanol–water partition coefficient (Wildman–Crippen LogP) is 3.49. The van der Waals surface area contributed by atoms with E-state index in [0.29, 0.717) is 13.1 Å². The Morgan fingerprint density at radius 1 is 0.929 bits per heavy atom. The van der Waals surface area contributed by atoms with Crippen LogP contribution < -0.4 is 15.5 Å². The number of aryl methyl sites for hydroxylation is 1. The van der Waals surface area contributed by atoms with E-state index in [9.17, 15) is 9.59 Å². The van der Waals surface area contributed by atoms with E-state index in [4.69, 9.17) is 0 Å². The van der Waals surface area contributed by atoms with Crippen molar-refractivity contribution in [3.05, 3.63) is 52.2 Å². The molecule has 0 aliphatic carbocycles. The first-order valence-corrected chi connectivity index (χ1v) is 11.0. The lowest BCUT2D eigenvalue weighted by Gasteiger charge is -2.22. The van der Waals surface area contributed by atoms with Crippen molar-refractivity contribution in [1.29, 1.82) is 0 Å². The SMILES string of the molecule is O=C(NCCCc1ccc(N2CCCCCC2)cc1)C(=O)NCc1cccs1. The molecule has 5 nitrogen and oxygen atoms in total. The molecule has 0 radical (unpaired) electrons. The van der Waals surface area contributed by atoms with Crippen LogP contribution in [0.15, 0.2) is 41.8 Å². The van der Waals surface area contributed by atoms with Gasteiger partial charge in [0.1, 0.15) is 0 Å². The highest BCUT2D eigenvalue weighted by Crippen LogP contribution is 2.20. The van der Waals surface area contributed by atoms with E-state index in [0.717, 1.165) is 30.8 Å². The first kappa shape index (κ1) is 20.4. The van der Waals surface area contributed by atoms with Crippen LogP contribution in [0, 0.1) is 0 Å². The molecular weight excluding hydrogens is 370 g/mol. The van der Waals surface area contributed by atoms with Crippen LogP contribution in [0.3, 0.4) is 0 Å². The molecule has 0 bridgehead atoms. The number of nitrogens with zero attached hydrogens (tertiary/aromatic N) is 1. The Bertz CT molecular complexity index is 736. The Balaban J connectivity index is 1.34. The zero-order valence-electron chi connectivity index (χ0n) is 16.3. The third kappa shape index (κ3) is 6.37. The number of hydrogen-bond acceptors (Lipinski definition) is 4. The normalized spacial score (nSPS) is 14.4. The summed E-state index contributed by atoms with van der Waals surface area (Å²) >= 11 is 1.56. The van der Waals surface area contributed by atoms with Gasteiger partial charge in [-0.05, 0) is 54.8 Å². The lowest BCUT2D eigenvalue weighted by molar-refractivity contribution is -0.139. The zero-order valence-corrected chi connectivity index (χ0v) is 17.1. The number of nitrogens with one attached hydrogen (secondary N) is 2. The predicted molar refractivity (Wildman–Crippen MR) is 115 cm³/mol. The zero-order chi connectivity index (χ0) is 19.6. The van der Waals surface area contributed by atoms with E-state index in [1.54, 1.807) is 11.3 Å². The maximum Gasteiger partial charge on any atom is 0.309 e. The van der Waals surface area contributed by atoms with E-state index in [-0.39, 0.29) is 0 Å². The average molecular weight is 400 g/mol. The molecule has 3 rings (SSSR count). The van der Waals surface area contributed by atoms with Crippen LogP contribution in [-0.4, -0.2) is 31.4 Å². The van der Waals surface area contributed by atoms with Crippen LogP contribution in [0.1, 0.15) is 42.5 Å². The molecule has 0 saturated carbocycles. The highest BCUT2D eigenvalue weighted by molar-refractivity contribution is 7.09. The molecule has 1 aliphatic rings. The second kappa shape index (κ2) is 10.9. The highest BCUT2D eigenvalue weighted by Gasteiger charge is 2.12. The molecule has 150 valence electrons. The van der Waals surface area contributed by atoms with Gasteiger partial charge in [-0.25, -0.2) is 0 Å². The first-order valence-electron chi connectivity index (χ1n) is 10.1. The van der Waals surface area contributed by atoms with Crippen molar-refractivity contribution in [2.24, 2.45) is 0 Å². The Morgan fingerprint density at radius 2 is 1.64 bits per heavy atom. The summed E-state index contributed by atoms with van der Waals surface area (Å²) in [6, 6.07) is 12.6. The molecule has 28 heavy (non-hydrogen) atoms. The standard InChI is InChI=1S/C22H29N3O2S/c26-21(22(27)24-17-20-8-6-16-28-20)23-13-5-7-18-9-11-19(12-10-18)25-14-3-1-2-4-15-25/h6,8-12,16H,1-5,7,13-15,17H2,(H,23,26)(H,24,27). The number of anilines is 1. The van der Waals surface area contributed by atoms with Gasteiger partial charge in [-0.3, -0.25) is 9.59 Å². The van der Waals surface area contributed by atoms with E-state index in [1.165, 1.54) is 36.9 Å². The molecule has 1 aromatic heterocycles. The molecule has 0 unspecified atom stereocenters. The van der Waals surface area contributed by atoms with Gasteiger partial charge < -0.3 is 15.5 Å². The highest BCUT2D eigenvalue weighted by atomic mass is 32.1. The van der Waals surface area contributed by atoms with Gasteiger partial charge in [-0.1, -0.05) is 31.0 Å². The monoisotopic (exact) mass is 399 g/mol. The second-order valence-electron chi connectivity index (χ2n) is 7.19. The quantitative estimate of drug-likeness (QED) is 0.553. The summed E-state index contributed by atoms with van der Waals surface area (Å²) in [7, 11) is 0. The van der Waals surface area contributed by atoms with E-state index in [1.807, 2.05) is 17.5 Å². The van der Waals surface area contributed by atoms with E-state index >= 15 is 0 Å². The Labute approximate surface area is 171 Å². The topological polar surface area (TPSA) is 61.4 Å². The number of thiophene rings is 1. The molecule has 2 amide bonds. The molecule has 1 aliphatic heterocycles. The minimum atomic E-state index is -0.574. The van der Waals surface area contributed by atoms with Gasteiger partial charge in [-0.2, -0.15) is 0 Å². The van der Waals surface area contributed by atoms with E-state index in [2.05, 4.69) is 39.8 Å². The summed E-state index contributed by atoms with van der Waals surface area (Å²) in [5.74, 6) is -1.14. The third-order valence-corrected chi connectivity index (χ3v) is 5.92. The minimum absolute atomic E-state index is 0.396. The van der Waals surface area contributed by atoms with Crippen molar-refractivity contribution in [3.63, 3.8) is 0 Å². The molecule has 0 spiro atoms. The maximum atomic E-state index is 11.8. The van der Waals surface area contributed by atoms with Crippen molar-refractivity contribution in [3.8, 4) is 0 Å². The number of amides is 2. The van der Waals surface area contributed by atoms with Crippen molar-refractivity contribution < 1.29 is 9.59 Å². The number of carbonyl (C=O) groups is 2. The Hall–Kier alpha value is -2.34. The van der Waals surface area contributed by atoms with Gasteiger partial charge in [0.05, 0.1) is 6.54 Å². The van der Waals surface area contributed by atoms with E-state index < -0.39 is 11.8 Å². The van der Waals surface area contributed by atoms with Crippen molar-refractivity contribution in [2.75, 3.05) is 24.5 Å². The van der Waals surface area contributed by atoms with Crippen molar-refractivity contribution >= 4 is 28.8 Å². The largest absolute Gasteiger partial charge is 0.372 e. The third-order valence-electron chi connectivity index (χ3n) is 5.04. The summed E-state index contributed by atoms with van der Waals surface area (Å²) in [6.45, 7) is 3.20. The van der Waals surface area contributed by atoms with Gasteiger partial charge in [0.25, 0.3) is 0 Å². The number of benzene rings is 1. The molecule has 2 aromatic rings. The fraction of sp³-hybridized carbons (Fsp3) is 0.455. The van der Waals surface area contributed by atoms with Gasteiger partial charge in [0, 0.05) is 30.2 Å². The average Bonchev–Trinajstić information content (AvgIpc) is 3.10. The van der Waals surface area contributed by atoms with Crippen LogP contribution >= 0.6 is 11.3 Å². The molecule has 6 heteroatoms. The van der Waals surface area contributed by atoms with Gasteiger partial charge in [0.15, 0.2) is 0 Å². The molecule has 0 atom stereocenters. The fourth-order valence-electron chi connectivity index (χ4n) is 3.44. The minimum Gasteiger partial charge on any atom is -0.372 e. The van der Waals surface area contributed by atoms with Crippen LogP contribution in [0.4, 0.5) is 5.69 Å². The van der Waals surface area contributed by atoms with Crippen molar-refractivity contribution in [1.82, 2.24) is 10.6 Å². The molecule has 1 fully saturated rings. The van der Waals surface area contributed by atoms with Gasteiger partial charge in [-0.15, -0.1) is 11.3 Å². The molecule has 1 saturated heterocycles. The fourth-order valence-corrected chi connectivity index (χ4v) is 4.08. The van der Waals surface area contributed by atoms with Gasteiger partial charge >= 0.3 is 11.8 Å². The molecular formula is C22H29N3O2S. The van der Waals surface area contributed by atoms with Crippen LogP contribution in [-0.2, 0) is 22.6 Å². The molecule has 2 N–H and O–H groups in total. The van der Waals surface area contributed by atoms with Crippen LogP contribution in [0.25, 0.3) is 0 Å². The lowest BCUT2D eigenvalue weighted by Crippen LogP contribution is -2.39. The smallest absolute Gasteiger partial charge is 0.309 e. The Morgan fingerprint density at radius 3 is 2.32 bits per heavy atom. The Kier molecular flexibility index (Phi) is 7.91. The molecule has 2 heterocycles. The number of rotatable bonds is 7. The van der Waals surface area contributed by atoms with Crippen LogP contribution in [0.5, 0.6) is 0 Å². The second-order valence-corrected chi connectivity index (χ2v) is 8.22. The molecule has 1 aromatic carbocycles. The summed E-state index contributed by atoms with van der Waals surface area (Å²) in [5, 5.41) is 7.28.